The lowest BCUT2D eigenvalue weighted by atomic mass is 10.1. The van der Waals surface area contributed by atoms with Crippen molar-refractivity contribution in [3.8, 4) is 5.75 Å². The van der Waals surface area contributed by atoms with Crippen LogP contribution in [0.25, 0.3) is 0 Å². The van der Waals surface area contributed by atoms with Gasteiger partial charge < -0.3 is 9.47 Å². The third-order valence-electron chi connectivity index (χ3n) is 2.71. The van der Waals surface area contributed by atoms with Crippen LogP contribution >= 0.6 is 0 Å². The average molecular weight is 220 g/mol. The molecular formula is C13H16O3. The molecular weight excluding hydrogens is 204 g/mol. The molecule has 0 aromatic heterocycles. The Kier molecular flexibility index (Phi) is 3.57. The van der Waals surface area contributed by atoms with Crippen LogP contribution in [0.1, 0.15) is 28.8 Å². The number of para-hydroxylation sites is 1. The molecule has 1 aromatic rings. The molecule has 3 nitrogen and oxygen atoms in total. The average Bonchev–Trinajstić information content (AvgIpc) is 3.09. The molecule has 1 saturated carbocycles. The molecule has 0 unspecified atom stereocenters. The van der Waals surface area contributed by atoms with E-state index in [2.05, 4.69) is 0 Å². The quantitative estimate of drug-likeness (QED) is 0.420. The zero-order valence-corrected chi connectivity index (χ0v) is 9.44. The van der Waals surface area contributed by atoms with Gasteiger partial charge in [0.25, 0.3) is 0 Å². The van der Waals surface area contributed by atoms with E-state index < -0.39 is 0 Å². The second-order valence-corrected chi connectivity index (χ2v) is 4.19. The lowest BCUT2D eigenvalue weighted by Crippen LogP contribution is -2.07. The molecule has 0 heterocycles. The second kappa shape index (κ2) is 5.12. The fourth-order valence-corrected chi connectivity index (χ4v) is 1.57. The van der Waals surface area contributed by atoms with Gasteiger partial charge in [0.05, 0.1) is 12.2 Å². The molecule has 1 aromatic carbocycles. The Labute approximate surface area is 95.4 Å². The van der Waals surface area contributed by atoms with E-state index in [4.69, 9.17) is 9.47 Å². The molecule has 0 bridgehead atoms. The third kappa shape index (κ3) is 2.83. The number of rotatable bonds is 6. The Balaban J connectivity index is 1.88. The minimum absolute atomic E-state index is 0.224. The smallest absolute Gasteiger partial charge is 0.189 e. The normalized spacial score (nSPS) is 14.8. The Morgan fingerprint density at radius 3 is 2.94 bits per heavy atom. The van der Waals surface area contributed by atoms with Crippen molar-refractivity contribution in [2.24, 2.45) is 5.92 Å². The van der Waals surface area contributed by atoms with Gasteiger partial charge in [-0.1, -0.05) is 12.1 Å². The van der Waals surface area contributed by atoms with Crippen LogP contribution in [0, 0.1) is 12.8 Å². The maximum Gasteiger partial charge on any atom is 0.189 e. The first-order valence-corrected chi connectivity index (χ1v) is 5.56. The Morgan fingerprint density at radius 1 is 1.44 bits per heavy atom. The molecule has 1 aliphatic carbocycles. The number of aldehydes is 1. The summed E-state index contributed by atoms with van der Waals surface area (Å²) in [5, 5.41) is 0. The predicted molar refractivity (Wildman–Crippen MR) is 60.7 cm³/mol. The summed E-state index contributed by atoms with van der Waals surface area (Å²) in [6, 6.07) is 5.51. The maximum atomic E-state index is 10.8. The molecule has 2 rings (SSSR count). The highest BCUT2D eigenvalue weighted by Gasteiger charge is 2.21. The number of benzene rings is 1. The van der Waals surface area contributed by atoms with Gasteiger partial charge in [-0.2, -0.15) is 0 Å². The van der Waals surface area contributed by atoms with Crippen molar-refractivity contribution >= 4 is 6.29 Å². The van der Waals surface area contributed by atoms with Crippen LogP contribution in [0.5, 0.6) is 5.75 Å². The molecule has 0 amide bonds. The molecule has 0 spiro atoms. The monoisotopic (exact) mass is 220 g/mol. The van der Waals surface area contributed by atoms with Gasteiger partial charge in [-0.05, 0) is 37.3 Å². The van der Waals surface area contributed by atoms with Gasteiger partial charge >= 0.3 is 0 Å². The Morgan fingerprint density at radius 2 is 2.25 bits per heavy atom. The van der Waals surface area contributed by atoms with E-state index in [0.29, 0.717) is 11.3 Å². The van der Waals surface area contributed by atoms with Crippen LogP contribution < -0.4 is 4.74 Å². The second-order valence-electron chi connectivity index (χ2n) is 4.19. The molecule has 16 heavy (non-hydrogen) atoms. The van der Waals surface area contributed by atoms with E-state index in [-0.39, 0.29) is 6.79 Å². The summed E-state index contributed by atoms with van der Waals surface area (Å²) in [6.07, 6.45) is 3.34. The van der Waals surface area contributed by atoms with Crippen molar-refractivity contribution in [3.05, 3.63) is 29.3 Å². The van der Waals surface area contributed by atoms with E-state index in [0.717, 1.165) is 24.4 Å². The fraction of sp³-hybridized carbons (Fsp3) is 0.462. The van der Waals surface area contributed by atoms with Crippen molar-refractivity contribution < 1.29 is 14.3 Å². The predicted octanol–water partition coefficient (Wildman–Crippen LogP) is 2.57. The summed E-state index contributed by atoms with van der Waals surface area (Å²) in [4.78, 5) is 10.8. The highest BCUT2D eigenvalue weighted by atomic mass is 16.7. The van der Waals surface area contributed by atoms with Crippen LogP contribution in [0.2, 0.25) is 0 Å². The van der Waals surface area contributed by atoms with E-state index in [1.165, 1.54) is 12.8 Å². The Hall–Kier alpha value is -1.35. The van der Waals surface area contributed by atoms with Crippen LogP contribution in [-0.2, 0) is 4.74 Å². The Bertz CT molecular complexity index is 369. The van der Waals surface area contributed by atoms with E-state index in [1.54, 1.807) is 6.07 Å². The van der Waals surface area contributed by atoms with Gasteiger partial charge in [0.15, 0.2) is 13.1 Å². The molecule has 1 aliphatic rings. The van der Waals surface area contributed by atoms with Crippen molar-refractivity contribution in [2.45, 2.75) is 19.8 Å². The van der Waals surface area contributed by atoms with E-state index in [1.807, 2.05) is 19.1 Å². The van der Waals surface area contributed by atoms with Crippen molar-refractivity contribution in [1.82, 2.24) is 0 Å². The van der Waals surface area contributed by atoms with Gasteiger partial charge in [0.1, 0.15) is 5.75 Å². The zero-order valence-electron chi connectivity index (χ0n) is 9.44. The molecule has 86 valence electrons. The molecule has 0 N–H and O–H groups in total. The first-order valence-electron chi connectivity index (χ1n) is 5.56. The number of hydrogen-bond donors (Lipinski definition) is 0. The summed E-state index contributed by atoms with van der Waals surface area (Å²) >= 11 is 0. The number of carbonyl (C=O) groups excluding carboxylic acids is 1. The van der Waals surface area contributed by atoms with Gasteiger partial charge in [0, 0.05) is 0 Å². The fourth-order valence-electron chi connectivity index (χ4n) is 1.57. The molecule has 3 heteroatoms. The van der Waals surface area contributed by atoms with Crippen LogP contribution in [0.3, 0.4) is 0 Å². The molecule has 0 atom stereocenters. The highest BCUT2D eigenvalue weighted by molar-refractivity contribution is 5.80. The minimum Gasteiger partial charge on any atom is -0.467 e. The third-order valence-corrected chi connectivity index (χ3v) is 2.71. The van der Waals surface area contributed by atoms with Crippen molar-refractivity contribution in [1.29, 1.82) is 0 Å². The lowest BCUT2D eigenvalue weighted by Gasteiger charge is -2.11. The van der Waals surface area contributed by atoms with Gasteiger partial charge in [-0.3, -0.25) is 4.79 Å². The standard InChI is InChI=1S/C13H16O3/c1-10-3-2-4-12(7-14)13(10)16-9-15-8-11-5-6-11/h2-4,7,11H,5-6,8-9H2,1H3. The zero-order chi connectivity index (χ0) is 11.4. The summed E-state index contributed by atoms with van der Waals surface area (Å²) in [7, 11) is 0. The molecule has 0 saturated heterocycles. The van der Waals surface area contributed by atoms with Gasteiger partial charge in [-0.25, -0.2) is 0 Å². The summed E-state index contributed by atoms with van der Waals surface area (Å²) in [5.41, 5.74) is 1.54. The highest BCUT2D eigenvalue weighted by Crippen LogP contribution is 2.29. The number of hydrogen-bond acceptors (Lipinski definition) is 3. The van der Waals surface area contributed by atoms with Crippen molar-refractivity contribution in [2.75, 3.05) is 13.4 Å². The molecule has 0 aliphatic heterocycles. The minimum atomic E-state index is 0.224. The van der Waals surface area contributed by atoms with Crippen LogP contribution in [0.15, 0.2) is 18.2 Å². The summed E-state index contributed by atoms with van der Waals surface area (Å²) in [5.74, 6) is 1.36. The number of aryl methyl sites for hydroxylation is 1. The SMILES string of the molecule is Cc1cccc(C=O)c1OCOCC1CC1. The van der Waals surface area contributed by atoms with E-state index >= 15 is 0 Å². The van der Waals surface area contributed by atoms with Gasteiger partial charge in [-0.15, -0.1) is 0 Å². The van der Waals surface area contributed by atoms with Crippen LogP contribution in [0.4, 0.5) is 0 Å². The van der Waals surface area contributed by atoms with Gasteiger partial charge in [0.2, 0.25) is 0 Å². The largest absolute Gasteiger partial charge is 0.467 e. The van der Waals surface area contributed by atoms with Crippen molar-refractivity contribution in [3.63, 3.8) is 0 Å². The topological polar surface area (TPSA) is 35.5 Å². The first-order chi connectivity index (χ1) is 7.81. The maximum absolute atomic E-state index is 10.8. The summed E-state index contributed by atoms with van der Waals surface area (Å²) < 4.78 is 10.9. The summed E-state index contributed by atoms with van der Waals surface area (Å²) in [6.45, 7) is 2.91. The first kappa shape index (κ1) is 11.1. The lowest BCUT2D eigenvalue weighted by molar-refractivity contribution is 0.00932. The van der Waals surface area contributed by atoms with Crippen LogP contribution in [-0.4, -0.2) is 19.7 Å². The number of ether oxygens (including phenoxy) is 2. The molecule has 1 fully saturated rings. The van der Waals surface area contributed by atoms with E-state index in [9.17, 15) is 4.79 Å². The molecule has 0 radical (unpaired) electrons. The number of carbonyl (C=O) groups is 1.